The van der Waals surface area contributed by atoms with Gasteiger partial charge in [0, 0.05) is 24.9 Å². The summed E-state index contributed by atoms with van der Waals surface area (Å²) in [5.41, 5.74) is 10.1. The topological polar surface area (TPSA) is 147 Å². The van der Waals surface area contributed by atoms with Gasteiger partial charge >= 0.3 is 6.08 Å². The van der Waals surface area contributed by atoms with Crippen LogP contribution in [-0.2, 0) is 35.8 Å². The molecule has 1 aliphatic carbocycles. The molecule has 2 aromatic heterocycles. The highest BCUT2D eigenvalue weighted by molar-refractivity contribution is 7.89. The van der Waals surface area contributed by atoms with Gasteiger partial charge in [0.2, 0.25) is 10.0 Å². The van der Waals surface area contributed by atoms with Crippen LogP contribution < -0.4 is 10.9 Å². The lowest BCUT2D eigenvalue weighted by Crippen LogP contribution is -2.18. The molecule has 0 spiro atoms. The highest BCUT2D eigenvalue weighted by Gasteiger charge is 2.23. The van der Waals surface area contributed by atoms with Crippen LogP contribution in [0.4, 0.5) is 10.2 Å². The zero-order chi connectivity index (χ0) is 22.3. The molecule has 4 rings (SSSR count). The quantitative estimate of drug-likeness (QED) is 0.523. The van der Waals surface area contributed by atoms with E-state index in [9.17, 15) is 17.6 Å². The summed E-state index contributed by atoms with van der Waals surface area (Å²) in [5, 5.41) is 5.11. The molecule has 31 heavy (non-hydrogen) atoms. The molecule has 9 nitrogen and oxygen atoms in total. The zero-order valence-electron chi connectivity index (χ0n) is 17.1. The van der Waals surface area contributed by atoms with Gasteiger partial charge in [0.25, 0.3) is 0 Å². The Kier molecular flexibility index (Phi) is 5.48. The summed E-state index contributed by atoms with van der Waals surface area (Å²) in [6, 6.07) is 3.98. The van der Waals surface area contributed by atoms with E-state index < -0.39 is 16.1 Å². The largest absolute Gasteiger partial charge is 0.382 e. The molecule has 0 radical (unpaired) electrons. The van der Waals surface area contributed by atoms with E-state index in [2.05, 4.69) is 21.0 Å². The third kappa shape index (κ3) is 4.28. The Morgan fingerprint density at radius 1 is 1.16 bits per heavy atom. The fraction of sp³-hybridized carbons (Fsp3) is 0.400. The number of imidazole rings is 1. The molecule has 0 bridgehead atoms. The second-order valence-corrected chi connectivity index (χ2v) is 9.42. The normalized spacial score (nSPS) is 13.8. The number of fused-ring (bicyclic) bond motifs is 2. The zero-order valence-corrected chi connectivity index (χ0v) is 17.9. The number of carbonyl (C=O) groups excluding carboxylic acids is 1. The number of ketones is 1. The summed E-state index contributed by atoms with van der Waals surface area (Å²) >= 11 is 0. The first-order chi connectivity index (χ1) is 14.7. The molecular formula is C20H23FN6O3S. The molecule has 0 fully saturated rings. The van der Waals surface area contributed by atoms with Crippen molar-refractivity contribution in [1.29, 1.82) is 0 Å². The van der Waals surface area contributed by atoms with Crippen molar-refractivity contribution >= 4 is 32.8 Å². The molecule has 1 aliphatic rings. The van der Waals surface area contributed by atoms with Gasteiger partial charge in [-0.15, -0.1) is 0 Å². The predicted molar refractivity (Wildman–Crippen MR) is 114 cm³/mol. The van der Waals surface area contributed by atoms with Crippen molar-refractivity contribution in [2.24, 2.45) is 5.14 Å². The van der Waals surface area contributed by atoms with E-state index in [1.807, 2.05) is 13.0 Å². The van der Waals surface area contributed by atoms with Crippen LogP contribution in [-0.4, -0.2) is 39.5 Å². The number of rotatable bonds is 7. The van der Waals surface area contributed by atoms with E-state index in [1.165, 1.54) is 0 Å². The molecule has 164 valence electrons. The van der Waals surface area contributed by atoms with Crippen molar-refractivity contribution in [3.05, 3.63) is 46.3 Å². The lowest BCUT2D eigenvalue weighted by molar-refractivity contribution is 0.0994. The van der Waals surface area contributed by atoms with E-state index in [0.29, 0.717) is 18.7 Å². The third-order valence-corrected chi connectivity index (χ3v) is 6.42. The summed E-state index contributed by atoms with van der Waals surface area (Å²) in [7, 11) is -3.65. The summed E-state index contributed by atoms with van der Waals surface area (Å²) in [6.07, 6.45) is 1.61. The van der Waals surface area contributed by atoms with Crippen molar-refractivity contribution in [3.8, 4) is 0 Å². The Bertz CT molecular complexity index is 1300. The van der Waals surface area contributed by atoms with Gasteiger partial charge in [-0.2, -0.15) is 14.4 Å². The van der Waals surface area contributed by atoms with E-state index in [1.54, 1.807) is 4.57 Å². The number of anilines is 1. The van der Waals surface area contributed by atoms with Crippen LogP contribution in [0.1, 0.15) is 52.6 Å². The lowest BCUT2D eigenvalue weighted by atomic mass is 9.96. The maximum absolute atomic E-state index is 13.8. The number of aromatic nitrogens is 4. The number of nitrogen functional groups attached to an aromatic ring is 1. The molecule has 1 aromatic carbocycles. The van der Waals surface area contributed by atoms with Crippen LogP contribution in [0.2, 0.25) is 0 Å². The predicted octanol–water partition coefficient (Wildman–Crippen LogP) is 1.51. The number of carbonyl (C=O) groups is 1. The first kappa shape index (κ1) is 21.3. The van der Waals surface area contributed by atoms with Crippen LogP contribution >= 0.6 is 0 Å². The van der Waals surface area contributed by atoms with Gasteiger partial charge in [0.15, 0.2) is 22.8 Å². The van der Waals surface area contributed by atoms with Gasteiger partial charge in [-0.05, 0) is 42.0 Å². The van der Waals surface area contributed by atoms with Crippen LogP contribution in [0.3, 0.4) is 0 Å². The highest BCUT2D eigenvalue weighted by atomic mass is 32.2. The molecule has 0 saturated heterocycles. The molecule has 0 amide bonds. The minimum Gasteiger partial charge on any atom is -0.382 e. The number of sulfonamides is 1. The fourth-order valence-electron chi connectivity index (χ4n) is 4.09. The Labute approximate surface area is 178 Å². The number of benzene rings is 1. The third-order valence-electron chi connectivity index (χ3n) is 5.56. The summed E-state index contributed by atoms with van der Waals surface area (Å²) in [6.45, 7) is 2.25. The lowest BCUT2D eigenvalue weighted by Gasteiger charge is -2.13. The molecule has 0 saturated carbocycles. The van der Waals surface area contributed by atoms with Crippen molar-refractivity contribution in [2.75, 3.05) is 11.5 Å². The van der Waals surface area contributed by atoms with Crippen molar-refractivity contribution < 1.29 is 17.6 Å². The van der Waals surface area contributed by atoms with E-state index in [4.69, 9.17) is 10.9 Å². The highest BCUT2D eigenvalue weighted by Crippen LogP contribution is 2.28. The smallest absolute Gasteiger partial charge is 0.312 e. The number of halogens is 1. The molecule has 0 aliphatic heterocycles. The van der Waals surface area contributed by atoms with Crippen LogP contribution in [0.15, 0.2) is 12.1 Å². The Hall–Kier alpha value is -2.92. The van der Waals surface area contributed by atoms with E-state index >= 15 is 0 Å². The molecule has 4 N–H and O–H groups in total. The molecule has 11 heteroatoms. The van der Waals surface area contributed by atoms with E-state index in [-0.39, 0.29) is 41.5 Å². The minimum absolute atomic E-state index is 0.0891. The number of Topliss-reactive ketones (excluding diaryl/α,β-unsaturated/α-hetero) is 1. The van der Waals surface area contributed by atoms with Crippen molar-refractivity contribution in [2.45, 2.75) is 45.6 Å². The van der Waals surface area contributed by atoms with Crippen LogP contribution in [0.25, 0.3) is 11.2 Å². The fourth-order valence-corrected chi connectivity index (χ4v) is 4.62. The average Bonchev–Trinajstić information content (AvgIpc) is 3.21. The Morgan fingerprint density at radius 3 is 2.65 bits per heavy atom. The second-order valence-electron chi connectivity index (χ2n) is 7.68. The molecule has 0 unspecified atom stereocenters. The number of hydrogen-bond donors (Lipinski definition) is 2. The first-order valence-electron chi connectivity index (χ1n) is 10.0. The maximum Gasteiger partial charge on any atom is 0.312 e. The Morgan fingerprint density at radius 2 is 1.94 bits per heavy atom. The standard InChI is InChI=1S/C20H23FN6O3S/c1-2-11-8-12-4-5-15(28)14(12)9-13(11)10-16-24-17-18(22)25-20(21)26-19(17)27(16)6-3-7-31(23,29)30/h8-9H,2-7,10H2,1H3,(H2,22,25,26)(H2,23,29,30). The number of hydrogen-bond acceptors (Lipinski definition) is 7. The molecule has 2 heterocycles. The average molecular weight is 447 g/mol. The number of nitrogens with zero attached hydrogens (tertiary/aromatic N) is 4. The minimum atomic E-state index is -3.65. The van der Waals surface area contributed by atoms with Crippen LogP contribution in [0, 0.1) is 6.08 Å². The van der Waals surface area contributed by atoms with Gasteiger partial charge in [-0.25, -0.2) is 18.5 Å². The van der Waals surface area contributed by atoms with E-state index in [0.717, 1.165) is 35.1 Å². The monoisotopic (exact) mass is 446 g/mol. The first-order valence-corrected chi connectivity index (χ1v) is 11.7. The maximum atomic E-state index is 13.8. The summed E-state index contributed by atoms with van der Waals surface area (Å²) < 4.78 is 38.2. The Balaban J connectivity index is 1.78. The SMILES string of the molecule is CCc1cc2c(cc1Cc1nc3c(N)nc(F)nc3n1CCCS(N)(=O)=O)C(=O)CC2. The summed E-state index contributed by atoms with van der Waals surface area (Å²) in [5.74, 6) is 0.338. The number of nitrogens with two attached hydrogens (primary N) is 2. The van der Waals surface area contributed by atoms with Crippen molar-refractivity contribution in [1.82, 2.24) is 19.5 Å². The number of aryl methyl sites for hydroxylation is 3. The second kappa shape index (κ2) is 7.97. The number of primary sulfonamides is 1. The summed E-state index contributed by atoms with van der Waals surface area (Å²) in [4.78, 5) is 24.1. The molecular weight excluding hydrogens is 423 g/mol. The van der Waals surface area contributed by atoms with Gasteiger partial charge < -0.3 is 10.3 Å². The van der Waals surface area contributed by atoms with Gasteiger partial charge in [-0.1, -0.05) is 13.0 Å². The van der Waals surface area contributed by atoms with Crippen LogP contribution in [0.5, 0.6) is 0 Å². The van der Waals surface area contributed by atoms with Gasteiger partial charge in [-0.3, -0.25) is 4.79 Å². The van der Waals surface area contributed by atoms with Gasteiger partial charge in [0.1, 0.15) is 5.82 Å². The molecule has 3 aromatic rings. The van der Waals surface area contributed by atoms with Crippen molar-refractivity contribution in [3.63, 3.8) is 0 Å². The molecule has 0 atom stereocenters. The van der Waals surface area contributed by atoms with Gasteiger partial charge in [0.05, 0.1) is 5.75 Å².